The third-order valence-corrected chi connectivity index (χ3v) is 9.50. The zero-order valence-corrected chi connectivity index (χ0v) is 34.3. The first-order chi connectivity index (χ1) is 31.0. The van der Waals surface area contributed by atoms with Gasteiger partial charge in [-0.05, 0) is 123 Å². The molecule has 0 N–H and O–H groups in total. The van der Waals surface area contributed by atoms with Gasteiger partial charge in [0, 0.05) is 6.08 Å². The van der Waals surface area contributed by atoms with Gasteiger partial charge in [0.2, 0.25) is 0 Å². The van der Waals surface area contributed by atoms with Crippen LogP contribution in [0, 0.1) is 0 Å². The van der Waals surface area contributed by atoms with Crippen molar-refractivity contribution in [3.63, 3.8) is 0 Å². The van der Waals surface area contributed by atoms with E-state index in [4.69, 9.17) is 47.4 Å². The standard InChI is InChI=1S/C46H42O18/c1-3-38(47)55-24-6-4-5-7-25-56-46(53)62-35-22-14-29(15-23-35)42(49)60-33-18-10-31(11-19-33)44(51)64-37-27-58-39-36(26-57-40(37)39)63-43(50)30-8-16-32(17-9-30)59-41(48)28-12-20-34(21-13-28)61-45(52)54-2/h3,8-23,36-37,39-40H,1,4-7,24-27H2,2H3/t36-,37-,39?,40?/m0/s1. The van der Waals surface area contributed by atoms with Crippen molar-refractivity contribution in [3.8, 4) is 23.0 Å². The number of benzene rings is 4. The van der Waals surface area contributed by atoms with E-state index in [-0.39, 0.29) is 65.1 Å². The minimum Gasteiger partial charge on any atom is -0.463 e. The summed E-state index contributed by atoms with van der Waals surface area (Å²) in [5.41, 5.74) is 0.703. The summed E-state index contributed by atoms with van der Waals surface area (Å²) in [5, 5.41) is 0. The normalized spacial score (nSPS) is 17.1. The first-order valence-corrected chi connectivity index (χ1v) is 19.9. The lowest BCUT2D eigenvalue weighted by Gasteiger charge is -2.17. The molecule has 2 aliphatic rings. The number of carbonyl (C=O) groups excluding carboxylic acids is 7. The van der Waals surface area contributed by atoms with Gasteiger partial charge in [-0.25, -0.2) is 33.6 Å². The van der Waals surface area contributed by atoms with Crippen LogP contribution in [0.5, 0.6) is 23.0 Å². The van der Waals surface area contributed by atoms with Crippen LogP contribution < -0.4 is 18.9 Å². The molecule has 4 atom stereocenters. The fourth-order valence-electron chi connectivity index (χ4n) is 6.22. The summed E-state index contributed by atoms with van der Waals surface area (Å²) >= 11 is 0. The predicted octanol–water partition coefficient (Wildman–Crippen LogP) is 6.62. The number of hydrogen-bond donors (Lipinski definition) is 0. The highest BCUT2D eigenvalue weighted by molar-refractivity contribution is 5.93. The molecule has 2 heterocycles. The third kappa shape index (κ3) is 13.0. The molecule has 334 valence electrons. The summed E-state index contributed by atoms with van der Waals surface area (Å²) < 4.78 is 58.2. The van der Waals surface area contributed by atoms with Gasteiger partial charge in [0.05, 0.1) is 55.8 Å². The van der Waals surface area contributed by atoms with Gasteiger partial charge in [-0.1, -0.05) is 6.58 Å². The number of unbranched alkanes of at least 4 members (excludes halogenated alkanes) is 3. The molecule has 2 saturated heterocycles. The first kappa shape index (κ1) is 45.9. The zero-order valence-electron chi connectivity index (χ0n) is 34.3. The van der Waals surface area contributed by atoms with E-state index in [1.807, 2.05) is 0 Å². The molecule has 0 spiro atoms. The summed E-state index contributed by atoms with van der Waals surface area (Å²) in [6.45, 7) is 3.77. The number of ether oxygens (including phenoxy) is 11. The quantitative estimate of drug-likeness (QED) is 0.0256. The van der Waals surface area contributed by atoms with E-state index in [1.165, 1.54) is 104 Å². The van der Waals surface area contributed by atoms with E-state index < -0.39 is 66.6 Å². The SMILES string of the molecule is C=CC(=O)OCCCCCCOC(=O)Oc1ccc(C(=O)Oc2ccc(C(=O)O[C@H]3COC4C3OC[C@@H]4OC(=O)c3ccc(OC(=O)c4ccc(OC(=O)OC)cc4)cc3)cc2)cc1. The first-order valence-electron chi connectivity index (χ1n) is 19.9. The average molecular weight is 883 g/mol. The Morgan fingerprint density at radius 1 is 0.500 bits per heavy atom. The van der Waals surface area contributed by atoms with Gasteiger partial charge in [0.1, 0.15) is 35.2 Å². The topological polar surface area (TPSA) is 221 Å². The van der Waals surface area contributed by atoms with Crippen LogP contribution in [0.15, 0.2) is 110 Å². The minimum absolute atomic E-state index is 0.00207. The molecule has 0 aromatic heterocycles. The molecule has 18 nitrogen and oxygen atoms in total. The fourth-order valence-corrected chi connectivity index (χ4v) is 6.22. The minimum atomic E-state index is -0.900. The van der Waals surface area contributed by atoms with Gasteiger partial charge in [0.25, 0.3) is 0 Å². The van der Waals surface area contributed by atoms with Crippen LogP contribution in [0.3, 0.4) is 0 Å². The molecule has 6 rings (SSSR count). The molecule has 2 aliphatic heterocycles. The van der Waals surface area contributed by atoms with E-state index in [2.05, 4.69) is 11.3 Å². The van der Waals surface area contributed by atoms with Gasteiger partial charge in [0.15, 0.2) is 12.2 Å². The van der Waals surface area contributed by atoms with E-state index in [9.17, 15) is 33.6 Å². The maximum absolute atomic E-state index is 13.0. The van der Waals surface area contributed by atoms with Gasteiger partial charge >= 0.3 is 42.2 Å². The molecular formula is C46H42O18. The fraction of sp³-hybridized carbons (Fsp3) is 0.283. The maximum atomic E-state index is 13.0. The Morgan fingerprint density at radius 3 is 1.25 bits per heavy atom. The summed E-state index contributed by atoms with van der Waals surface area (Å²) in [6.07, 6.45) is -0.820. The monoisotopic (exact) mass is 882 g/mol. The molecule has 0 bridgehead atoms. The Labute approximate surface area is 365 Å². The molecule has 0 radical (unpaired) electrons. The Morgan fingerprint density at radius 2 is 0.859 bits per heavy atom. The van der Waals surface area contributed by atoms with Gasteiger partial charge < -0.3 is 52.1 Å². The summed E-state index contributed by atoms with van der Waals surface area (Å²) in [7, 11) is 1.17. The molecule has 0 aliphatic carbocycles. The third-order valence-electron chi connectivity index (χ3n) is 9.50. The smallest absolute Gasteiger partial charge is 0.463 e. The zero-order chi connectivity index (χ0) is 45.4. The second-order valence-corrected chi connectivity index (χ2v) is 13.9. The van der Waals surface area contributed by atoms with E-state index >= 15 is 0 Å². The number of fused-ring (bicyclic) bond motifs is 1. The number of rotatable bonds is 18. The molecule has 64 heavy (non-hydrogen) atoms. The van der Waals surface area contributed by atoms with Crippen molar-refractivity contribution in [1.29, 1.82) is 0 Å². The molecule has 18 heteroatoms. The second-order valence-electron chi connectivity index (χ2n) is 13.9. The molecule has 4 aromatic rings. The van der Waals surface area contributed by atoms with Crippen molar-refractivity contribution in [2.45, 2.75) is 50.1 Å². The van der Waals surface area contributed by atoms with Gasteiger partial charge in [-0.15, -0.1) is 0 Å². The van der Waals surface area contributed by atoms with Crippen LogP contribution in [-0.2, 0) is 38.0 Å². The number of esters is 5. The number of carbonyl (C=O) groups is 7. The lowest BCUT2D eigenvalue weighted by Crippen LogP contribution is -2.36. The van der Waals surface area contributed by atoms with Crippen LogP contribution in [0.4, 0.5) is 9.59 Å². The van der Waals surface area contributed by atoms with Crippen molar-refractivity contribution in [1.82, 2.24) is 0 Å². The number of hydrogen-bond acceptors (Lipinski definition) is 18. The predicted molar refractivity (Wildman–Crippen MR) is 218 cm³/mol. The second kappa shape index (κ2) is 22.5. The Bertz CT molecular complexity index is 2290. The van der Waals surface area contributed by atoms with Crippen molar-refractivity contribution in [2.75, 3.05) is 33.5 Å². The van der Waals surface area contributed by atoms with Crippen LogP contribution in [0.25, 0.3) is 0 Å². The van der Waals surface area contributed by atoms with Crippen molar-refractivity contribution in [2.24, 2.45) is 0 Å². The van der Waals surface area contributed by atoms with E-state index in [1.54, 1.807) is 0 Å². The highest BCUT2D eigenvalue weighted by atomic mass is 16.7. The molecule has 0 amide bonds. The van der Waals surface area contributed by atoms with Crippen LogP contribution in [-0.4, -0.2) is 100 Å². The molecule has 2 unspecified atom stereocenters. The molecule has 0 saturated carbocycles. The Hall–Kier alpha value is -7.57. The Balaban J connectivity index is 0.889. The van der Waals surface area contributed by atoms with E-state index in [0.717, 1.165) is 18.9 Å². The molecular weight excluding hydrogens is 840 g/mol. The largest absolute Gasteiger partial charge is 0.513 e. The molecule has 2 fully saturated rings. The van der Waals surface area contributed by atoms with Crippen molar-refractivity contribution >= 4 is 42.2 Å². The maximum Gasteiger partial charge on any atom is 0.513 e. The van der Waals surface area contributed by atoms with E-state index in [0.29, 0.717) is 19.4 Å². The highest BCUT2D eigenvalue weighted by Gasteiger charge is 2.51. The average Bonchev–Trinajstić information content (AvgIpc) is 3.90. The van der Waals surface area contributed by atoms with Gasteiger partial charge in [-0.2, -0.15) is 0 Å². The summed E-state index contributed by atoms with van der Waals surface area (Å²) in [5.74, 6) is -2.54. The van der Waals surface area contributed by atoms with Crippen molar-refractivity contribution < 1.29 is 85.7 Å². The lowest BCUT2D eigenvalue weighted by molar-refractivity contribution is -0.137. The van der Waals surface area contributed by atoms with Crippen LogP contribution >= 0.6 is 0 Å². The summed E-state index contributed by atoms with van der Waals surface area (Å²) in [4.78, 5) is 85.7. The summed E-state index contributed by atoms with van der Waals surface area (Å²) in [6, 6.07) is 22.7. The molecule has 4 aromatic carbocycles. The highest BCUT2D eigenvalue weighted by Crippen LogP contribution is 2.32. The van der Waals surface area contributed by atoms with Crippen molar-refractivity contribution in [3.05, 3.63) is 132 Å². The van der Waals surface area contributed by atoms with Crippen LogP contribution in [0.2, 0.25) is 0 Å². The number of methoxy groups -OCH3 is 1. The lowest BCUT2D eigenvalue weighted by atomic mass is 10.1. The van der Waals surface area contributed by atoms with Crippen LogP contribution in [0.1, 0.15) is 67.1 Å². The Kier molecular flexibility index (Phi) is 16.2. The van der Waals surface area contributed by atoms with Gasteiger partial charge in [-0.3, -0.25) is 0 Å².